The van der Waals surface area contributed by atoms with E-state index in [0.29, 0.717) is 0 Å². The van der Waals surface area contributed by atoms with Crippen LogP contribution in [0.2, 0.25) is 0 Å². The molecule has 21 heteroatoms. The summed E-state index contributed by atoms with van der Waals surface area (Å²) >= 11 is 0. The number of anilines is 4. The lowest BCUT2D eigenvalue weighted by molar-refractivity contribution is 0.481. The first kappa shape index (κ1) is 34.0. The second kappa shape index (κ2) is 12.5. The molecular formula is C24H24N4O12PS4+. The van der Waals surface area contributed by atoms with Crippen LogP contribution in [0.5, 0.6) is 0 Å². The fourth-order valence-electron chi connectivity index (χ4n) is 3.75. The Morgan fingerprint density at radius 3 is 0.622 bits per heavy atom. The first-order chi connectivity index (χ1) is 20.7. The van der Waals surface area contributed by atoms with Crippen molar-refractivity contribution in [3.05, 3.63) is 97.1 Å². The quantitative estimate of drug-likeness (QED) is 0.0756. The number of hydrogen-bond donors (Lipinski definition) is 8. The normalized spacial score (nSPS) is 12.7. The van der Waals surface area contributed by atoms with Crippen LogP contribution in [0.4, 0.5) is 22.7 Å². The molecule has 0 fully saturated rings. The van der Waals surface area contributed by atoms with E-state index in [1.165, 1.54) is 48.5 Å². The van der Waals surface area contributed by atoms with Crippen molar-refractivity contribution in [2.75, 3.05) is 20.3 Å². The summed E-state index contributed by atoms with van der Waals surface area (Å²) < 4.78 is 130. The maximum Gasteiger partial charge on any atom is 0.395 e. The van der Waals surface area contributed by atoms with Gasteiger partial charge in [-0.15, -0.1) is 0 Å². The van der Waals surface area contributed by atoms with Gasteiger partial charge in [-0.2, -0.15) is 33.7 Å². The summed E-state index contributed by atoms with van der Waals surface area (Å²) in [6.45, 7) is 0. The lowest BCUT2D eigenvalue weighted by Crippen LogP contribution is -2.27. The summed E-state index contributed by atoms with van der Waals surface area (Å²) in [5.41, 5.74) is 1.01. The molecule has 0 atom stereocenters. The van der Waals surface area contributed by atoms with Crippen molar-refractivity contribution < 1.29 is 51.9 Å². The first-order valence-electron chi connectivity index (χ1n) is 12.1. The molecule has 4 aromatic carbocycles. The van der Waals surface area contributed by atoms with Crippen LogP contribution in [0.3, 0.4) is 0 Å². The molecule has 240 valence electrons. The fourth-order valence-corrected chi connectivity index (χ4v) is 8.15. The van der Waals surface area contributed by atoms with Crippen LogP contribution in [0.15, 0.2) is 117 Å². The smallest absolute Gasteiger partial charge is 0.282 e. The van der Waals surface area contributed by atoms with Gasteiger partial charge in [0.05, 0.1) is 42.3 Å². The van der Waals surface area contributed by atoms with Gasteiger partial charge in [0, 0.05) is 0 Å². The first-order valence-corrected chi connectivity index (χ1v) is 19.6. The van der Waals surface area contributed by atoms with Crippen molar-refractivity contribution in [1.82, 2.24) is 0 Å². The molecule has 0 unspecified atom stereocenters. The van der Waals surface area contributed by atoms with Crippen molar-refractivity contribution in [2.45, 2.75) is 19.6 Å². The largest absolute Gasteiger partial charge is 0.395 e. The third-order valence-corrected chi connectivity index (χ3v) is 11.6. The van der Waals surface area contributed by atoms with Gasteiger partial charge in [0.15, 0.2) is 0 Å². The highest BCUT2D eigenvalue weighted by Crippen LogP contribution is 2.56. The third kappa shape index (κ3) is 9.10. The van der Waals surface area contributed by atoms with E-state index in [0.717, 1.165) is 48.5 Å². The zero-order chi connectivity index (χ0) is 33.3. The van der Waals surface area contributed by atoms with Gasteiger partial charge in [0.1, 0.15) is 0 Å². The minimum atomic E-state index is -4.53. The molecule has 0 heterocycles. The number of nitrogens with one attached hydrogen (secondary N) is 4. The molecule has 0 bridgehead atoms. The van der Waals surface area contributed by atoms with E-state index in [1.807, 2.05) is 0 Å². The molecule has 45 heavy (non-hydrogen) atoms. The summed E-state index contributed by atoms with van der Waals surface area (Å²) in [4.78, 5) is -1.64. The molecule has 4 rings (SSSR count). The van der Waals surface area contributed by atoms with Gasteiger partial charge in [-0.3, -0.25) is 18.2 Å². The number of benzene rings is 4. The number of hydrogen-bond acceptors (Lipinski definition) is 12. The molecule has 0 saturated heterocycles. The van der Waals surface area contributed by atoms with Crippen LogP contribution in [-0.4, -0.2) is 51.9 Å². The van der Waals surface area contributed by atoms with E-state index in [-0.39, 0.29) is 22.7 Å². The molecule has 0 aliphatic heterocycles. The Morgan fingerprint density at radius 1 is 0.333 bits per heavy atom. The second-order valence-electron chi connectivity index (χ2n) is 9.12. The van der Waals surface area contributed by atoms with E-state index in [9.17, 15) is 51.9 Å². The van der Waals surface area contributed by atoms with Crippen molar-refractivity contribution in [3.8, 4) is 0 Å². The summed E-state index contributed by atoms with van der Waals surface area (Å²) in [5.74, 6) is 0. The van der Waals surface area contributed by atoms with E-state index >= 15 is 0 Å². The predicted octanol–water partition coefficient (Wildman–Crippen LogP) is 4.10. The van der Waals surface area contributed by atoms with E-state index in [2.05, 4.69) is 20.3 Å². The maximum absolute atomic E-state index is 11.6. The standard InChI is InChI=1S/C24H23N4O12PS4/c29-42(30,31)21-9-1-17(2-10-21)25-41(26-18-3-11-22(12-4-18)43(32,33)34,27-19-5-13-23(14-6-19)44(35,36)37)28-20-7-15-24(16-8-20)45(38,39)40/h1-16,25-28H,(H3-,29,30,31,32,33,34,35,36,37,38,39,40)/p+1. The maximum atomic E-state index is 11.6. The molecule has 16 nitrogen and oxygen atoms in total. The van der Waals surface area contributed by atoms with Crippen molar-refractivity contribution in [1.29, 1.82) is 0 Å². The SMILES string of the molecule is O=S(=O)(O)c1ccc(N[P+](Nc2ccc(S(=O)(=O)O)cc2)(Nc2ccc(S(=O)(=O)O)cc2)Nc2ccc(S(=O)(=O)O)cc2)cc1. The van der Waals surface area contributed by atoms with Gasteiger partial charge >= 0.3 is 7.87 Å². The Labute approximate surface area is 259 Å². The molecular weight excluding hydrogens is 696 g/mol. The summed E-state index contributed by atoms with van der Waals surface area (Å²) in [7, 11) is -21.6. The monoisotopic (exact) mass is 719 g/mol. The van der Waals surface area contributed by atoms with E-state index in [1.54, 1.807) is 0 Å². The Morgan fingerprint density at radius 2 is 0.489 bits per heavy atom. The highest BCUT2D eigenvalue weighted by molar-refractivity contribution is 7.86. The topological polar surface area (TPSA) is 266 Å². The average molecular weight is 720 g/mol. The molecule has 4 aromatic rings. The lowest BCUT2D eigenvalue weighted by Gasteiger charge is -2.30. The summed E-state index contributed by atoms with van der Waals surface area (Å²) in [5, 5.41) is 12.6. The summed E-state index contributed by atoms with van der Waals surface area (Å²) in [6, 6.07) is 19.4. The molecule has 0 spiro atoms. The van der Waals surface area contributed by atoms with Crippen LogP contribution in [0, 0.1) is 0 Å². The predicted molar refractivity (Wildman–Crippen MR) is 166 cm³/mol. The zero-order valence-corrected chi connectivity index (χ0v) is 26.5. The molecule has 8 N–H and O–H groups in total. The Bertz CT molecular complexity index is 1810. The van der Waals surface area contributed by atoms with Crippen molar-refractivity contribution in [3.63, 3.8) is 0 Å². The minimum Gasteiger partial charge on any atom is -0.282 e. The second-order valence-corrected chi connectivity index (χ2v) is 17.0. The fraction of sp³-hybridized carbons (Fsp3) is 0. The average Bonchev–Trinajstić information content (AvgIpc) is 2.92. The summed E-state index contributed by atoms with van der Waals surface area (Å²) in [6.07, 6.45) is 0. The van der Waals surface area contributed by atoms with Gasteiger partial charge < -0.3 is 0 Å². The van der Waals surface area contributed by atoms with Crippen molar-refractivity contribution >= 4 is 71.1 Å². The molecule has 0 aliphatic rings. The molecule has 0 radical (unpaired) electrons. The molecule has 0 aliphatic carbocycles. The Balaban J connectivity index is 1.85. The van der Waals surface area contributed by atoms with Gasteiger partial charge in [-0.1, -0.05) is 0 Å². The Hall–Kier alpha value is -3.85. The molecule has 0 saturated carbocycles. The molecule has 0 aromatic heterocycles. The van der Waals surface area contributed by atoms with E-state index in [4.69, 9.17) is 0 Å². The lowest BCUT2D eigenvalue weighted by atomic mass is 10.3. The zero-order valence-electron chi connectivity index (χ0n) is 22.4. The van der Waals surface area contributed by atoms with E-state index < -0.39 is 67.9 Å². The van der Waals surface area contributed by atoms with Gasteiger partial charge in [0.25, 0.3) is 40.5 Å². The number of rotatable bonds is 12. The highest BCUT2D eigenvalue weighted by Gasteiger charge is 2.41. The van der Waals surface area contributed by atoms with Crippen LogP contribution in [0.1, 0.15) is 0 Å². The minimum absolute atomic E-state index is 0.252. The van der Waals surface area contributed by atoms with Crippen LogP contribution < -0.4 is 20.3 Å². The van der Waals surface area contributed by atoms with Gasteiger partial charge in [-0.25, -0.2) is 20.3 Å². The van der Waals surface area contributed by atoms with Crippen LogP contribution >= 0.6 is 7.87 Å². The molecule has 0 amide bonds. The third-order valence-electron chi connectivity index (χ3n) is 5.80. The Kier molecular flexibility index (Phi) is 9.46. The van der Waals surface area contributed by atoms with Gasteiger partial charge in [-0.05, 0) is 97.1 Å². The van der Waals surface area contributed by atoms with Gasteiger partial charge in [0.2, 0.25) is 0 Å². The van der Waals surface area contributed by atoms with Crippen molar-refractivity contribution in [2.24, 2.45) is 0 Å². The van der Waals surface area contributed by atoms with Crippen LogP contribution in [-0.2, 0) is 40.5 Å². The van der Waals surface area contributed by atoms with Crippen LogP contribution in [0.25, 0.3) is 0 Å². The highest BCUT2D eigenvalue weighted by atomic mass is 32.2.